The number of hydrogen-bond acceptors (Lipinski definition) is 4. The second-order valence-corrected chi connectivity index (χ2v) is 6.24. The molecule has 19 heavy (non-hydrogen) atoms. The lowest BCUT2D eigenvalue weighted by Crippen LogP contribution is -2.18. The molecule has 0 saturated heterocycles. The van der Waals surface area contributed by atoms with Crippen LogP contribution in [-0.4, -0.2) is 24.7 Å². The van der Waals surface area contributed by atoms with Crippen LogP contribution in [0, 0.1) is 11.3 Å². The summed E-state index contributed by atoms with van der Waals surface area (Å²) in [4.78, 5) is 10.5. The third kappa shape index (κ3) is 3.80. The maximum Gasteiger partial charge on any atom is 0.303 e. The summed E-state index contributed by atoms with van der Waals surface area (Å²) in [5.41, 5.74) is 0.756. The zero-order valence-corrected chi connectivity index (χ0v) is 11.4. The average molecular weight is 281 g/mol. The highest BCUT2D eigenvalue weighted by Gasteiger charge is 2.25. The highest BCUT2D eigenvalue weighted by Crippen LogP contribution is 2.19. The predicted octanol–water partition coefficient (Wildman–Crippen LogP) is 1.78. The molecule has 0 radical (unpaired) electrons. The van der Waals surface area contributed by atoms with Crippen molar-refractivity contribution in [2.24, 2.45) is 0 Å². The van der Waals surface area contributed by atoms with Gasteiger partial charge in [0, 0.05) is 6.42 Å². The summed E-state index contributed by atoms with van der Waals surface area (Å²) in [6, 6.07) is 7.79. The summed E-state index contributed by atoms with van der Waals surface area (Å²) in [5.74, 6) is -0.896. The first-order valence-electron chi connectivity index (χ1n) is 5.86. The van der Waals surface area contributed by atoms with E-state index in [-0.39, 0.29) is 17.7 Å². The van der Waals surface area contributed by atoms with Gasteiger partial charge in [-0.1, -0.05) is 19.1 Å². The molecule has 1 unspecified atom stereocenters. The third-order valence-electron chi connectivity index (χ3n) is 2.77. The second-order valence-electron chi connectivity index (χ2n) is 4.11. The molecule has 0 bridgehead atoms. The molecule has 5 nitrogen and oxygen atoms in total. The summed E-state index contributed by atoms with van der Waals surface area (Å²) in [7, 11) is -3.63. The van der Waals surface area contributed by atoms with E-state index in [9.17, 15) is 13.2 Å². The van der Waals surface area contributed by atoms with Gasteiger partial charge in [0.25, 0.3) is 0 Å². The Morgan fingerprint density at radius 1 is 1.37 bits per heavy atom. The van der Waals surface area contributed by atoms with Crippen LogP contribution in [0.4, 0.5) is 0 Å². The lowest BCUT2D eigenvalue weighted by atomic mass is 10.1. The molecule has 0 aliphatic carbocycles. The van der Waals surface area contributed by atoms with Crippen LogP contribution in [0.5, 0.6) is 0 Å². The molecule has 1 atom stereocenters. The van der Waals surface area contributed by atoms with E-state index < -0.39 is 21.1 Å². The zero-order valence-electron chi connectivity index (χ0n) is 10.5. The van der Waals surface area contributed by atoms with Crippen molar-refractivity contribution < 1.29 is 18.3 Å². The Morgan fingerprint density at radius 2 is 1.95 bits per heavy atom. The number of nitrogens with zero attached hydrogens (tertiary/aromatic N) is 1. The van der Waals surface area contributed by atoms with E-state index >= 15 is 0 Å². The Morgan fingerprint density at radius 3 is 2.37 bits per heavy atom. The fraction of sp³-hybridized carbons (Fsp3) is 0.385. The monoisotopic (exact) mass is 281 g/mol. The van der Waals surface area contributed by atoms with E-state index in [0.717, 1.165) is 5.56 Å². The van der Waals surface area contributed by atoms with E-state index in [1.165, 1.54) is 12.1 Å². The number of carboxylic acid groups (broad SMARTS) is 1. The highest BCUT2D eigenvalue weighted by molar-refractivity contribution is 7.92. The summed E-state index contributed by atoms with van der Waals surface area (Å²) in [5, 5.41) is 16.3. The van der Waals surface area contributed by atoms with Crippen LogP contribution >= 0.6 is 0 Å². The molecule has 0 fully saturated rings. The van der Waals surface area contributed by atoms with Crippen molar-refractivity contribution in [2.45, 2.75) is 36.3 Å². The highest BCUT2D eigenvalue weighted by atomic mass is 32.2. The summed E-state index contributed by atoms with van der Waals surface area (Å²) < 4.78 is 24.1. The van der Waals surface area contributed by atoms with E-state index in [0.29, 0.717) is 6.42 Å². The molecule has 0 aromatic heterocycles. The first-order valence-corrected chi connectivity index (χ1v) is 7.40. The molecule has 0 saturated carbocycles. The van der Waals surface area contributed by atoms with Gasteiger partial charge in [-0.15, -0.1) is 0 Å². The molecule has 0 aliphatic rings. The van der Waals surface area contributed by atoms with Crippen molar-refractivity contribution >= 4 is 15.8 Å². The third-order valence-corrected chi connectivity index (χ3v) is 4.89. The quantitative estimate of drug-likeness (QED) is 0.857. The molecule has 0 amide bonds. The van der Waals surface area contributed by atoms with Crippen LogP contribution in [-0.2, 0) is 21.1 Å². The molecule has 0 spiro atoms. The van der Waals surface area contributed by atoms with E-state index in [1.807, 2.05) is 0 Å². The minimum atomic E-state index is -3.63. The largest absolute Gasteiger partial charge is 0.481 e. The maximum absolute atomic E-state index is 12.1. The minimum Gasteiger partial charge on any atom is -0.481 e. The normalized spacial score (nSPS) is 12.6. The summed E-state index contributed by atoms with van der Waals surface area (Å²) in [6.45, 7) is 1.65. The molecular formula is C13H15NO4S. The molecule has 0 aliphatic heterocycles. The standard InChI is InChI=1S/C13H15NO4S/c1-2-11(9-14)19(17,18)12-6-3-10(4-7-12)5-8-13(15)16/h3-4,6-7,11H,2,5,8H2,1H3,(H,15,16). The van der Waals surface area contributed by atoms with Crippen LogP contribution < -0.4 is 0 Å². The van der Waals surface area contributed by atoms with Gasteiger partial charge in [0.05, 0.1) is 11.0 Å². The van der Waals surface area contributed by atoms with Gasteiger partial charge in [-0.05, 0) is 30.5 Å². The van der Waals surface area contributed by atoms with E-state index in [2.05, 4.69) is 0 Å². The van der Waals surface area contributed by atoms with Crippen LogP contribution in [0.15, 0.2) is 29.2 Å². The number of sulfone groups is 1. The first-order chi connectivity index (χ1) is 8.91. The lowest BCUT2D eigenvalue weighted by molar-refractivity contribution is -0.136. The van der Waals surface area contributed by atoms with Gasteiger partial charge in [-0.25, -0.2) is 8.42 Å². The fourth-order valence-corrected chi connectivity index (χ4v) is 3.06. The second kappa shape index (κ2) is 6.34. The van der Waals surface area contributed by atoms with Crippen LogP contribution in [0.1, 0.15) is 25.3 Å². The summed E-state index contributed by atoms with van der Waals surface area (Å²) in [6.07, 6.45) is 0.590. The van der Waals surface area contributed by atoms with Gasteiger partial charge >= 0.3 is 5.97 Å². The van der Waals surface area contributed by atoms with Crippen molar-refractivity contribution in [1.82, 2.24) is 0 Å². The molecule has 1 aromatic carbocycles. The Labute approximate surface area is 112 Å². The minimum absolute atomic E-state index is 0.00186. The number of carboxylic acids is 1. The Kier molecular flexibility index (Phi) is 5.07. The van der Waals surface area contributed by atoms with Gasteiger partial charge in [0.15, 0.2) is 15.1 Å². The van der Waals surface area contributed by atoms with E-state index in [4.69, 9.17) is 10.4 Å². The van der Waals surface area contributed by atoms with Gasteiger partial charge in [0.1, 0.15) is 0 Å². The SMILES string of the molecule is CCC(C#N)S(=O)(=O)c1ccc(CCC(=O)O)cc1. The Bertz CT molecular complexity index is 584. The Balaban J connectivity index is 2.93. The number of benzene rings is 1. The van der Waals surface area contributed by atoms with Crippen molar-refractivity contribution in [1.29, 1.82) is 5.26 Å². The topological polar surface area (TPSA) is 95.2 Å². The van der Waals surface area contributed by atoms with Crippen LogP contribution in [0.25, 0.3) is 0 Å². The van der Waals surface area contributed by atoms with Crippen molar-refractivity contribution in [3.8, 4) is 6.07 Å². The zero-order chi connectivity index (χ0) is 14.5. The molecule has 102 valence electrons. The molecule has 6 heteroatoms. The lowest BCUT2D eigenvalue weighted by Gasteiger charge is -2.09. The van der Waals surface area contributed by atoms with Crippen molar-refractivity contribution in [3.05, 3.63) is 29.8 Å². The van der Waals surface area contributed by atoms with Crippen molar-refractivity contribution in [2.75, 3.05) is 0 Å². The number of aliphatic carboxylic acids is 1. The van der Waals surface area contributed by atoms with E-state index in [1.54, 1.807) is 25.1 Å². The first kappa shape index (κ1) is 15.2. The number of hydrogen-bond donors (Lipinski definition) is 1. The molecular weight excluding hydrogens is 266 g/mol. The fourth-order valence-electron chi connectivity index (χ4n) is 1.64. The summed E-state index contributed by atoms with van der Waals surface area (Å²) >= 11 is 0. The van der Waals surface area contributed by atoms with Crippen LogP contribution in [0.3, 0.4) is 0 Å². The van der Waals surface area contributed by atoms with Gasteiger partial charge in [0.2, 0.25) is 0 Å². The number of carbonyl (C=O) groups is 1. The number of aryl methyl sites for hydroxylation is 1. The average Bonchev–Trinajstić information content (AvgIpc) is 2.38. The van der Waals surface area contributed by atoms with Gasteiger partial charge in [-0.3, -0.25) is 4.79 Å². The number of rotatable bonds is 6. The molecule has 1 N–H and O–H groups in total. The van der Waals surface area contributed by atoms with Gasteiger partial charge < -0.3 is 5.11 Å². The molecule has 1 aromatic rings. The Hall–Kier alpha value is -1.87. The smallest absolute Gasteiger partial charge is 0.303 e. The van der Waals surface area contributed by atoms with Gasteiger partial charge in [-0.2, -0.15) is 5.26 Å². The molecule has 0 heterocycles. The maximum atomic E-state index is 12.1. The predicted molar refractivity (Wildman–Crippen MR) is 69.3 cm³/mol. The van der Waals surface area contributed by atoms with Crippen molar-refractivity contribution in [3.63, 3.8) is 0 Å². The van der Waals surface area contributed by atoms with Crippen LogP contribution in [0.2, 0.25) is 0 Å². The number of nitriles is 1. The molecule has 1 rings (SSSR count).